The second kappa shape index (κ2) is 3.76. The minimum absolute atomic E-state index is 0.0386. The average molecular weight is 165 g/mol. The van der Waals surface area contributed by atoms with E-state index in [4.69, 9.17) is 5.11 Å². The highest BCUT2D eigenvalue weighted by Crippen LogP contribution is 2.07. The van der Waals surface area contributed by atoms with Gasteiger partial charge in [-0.3, -0.25) is 4.79 Å². The molecule has 0 aliphatic carbocycles. The summed E-state index contributed by atoms with van der Waals surface area (Å²) in [6.45, 7) is 1.95. The van der Waals surface area contributed by atoms with Crippen molar-refractivity contribution in [3.8, 4) is 0 Å². The number of carboxylic acid groups (broad SMARTS) is 1. The Morgan fingerprint density at radius 3 is 2.50 bits per heavy atom. The van der Waals surface area contributed by atoms with Crippen LogP contribution in [0.25, 0.3) is 0 Å². The molecule has 3 nitrogen and oxygen atoms in total. The van der Waals surface area contributed by atoms with Gasteiger partial charge in [-0.05, 0) is 19.1 Å². The number of carboxylic acids is 1. The monoisotopic (exact) mass is 165 g/mol. The Kier molecular flexibility index (Phi) is 2.69. The number of carbonyl (C=O) groups is 1. The van der Waals surface area contributed by atoms with Gasteiger partial charge in [0.1, 0.15) is 6.54 Å². The Morgan fingerprint density at radius 2 is 2.00 bits per heavy atom. The van der Waals surface area contributed by atoms with Crippen LogP contribution < -0.4 is 5.32 Å². The molecule has 0 unspecified atom stereocenters. The molecule has 0 atom stereocenters. The van der Waals surface area contributed by atoms with Crippen molar-refractivity contribution >= 4 is 11.7 Å². The molecule has 0 fully saturated rings. The third-order valence-electron chi connectivity index (χ3n) is 1.50. The number of anilines is 1. The zero-order chi connectivity index (χ0) is 8.97. The van der Waals surface area contributed by atoms with Crippen LogP contribution in [0.1, 0.15) is 5.56 Å². The van der Waals surface area contributed by atoms with Crippen LogP contribution in [0, 0.1) is 6.92 Å². The molecule has 0 bridgehead atoms. The number of benzene rings is 1. The molecule has 0 amide bonds. The SMILES string of the molecule is Cc1ccc(NCC(=O)O)cc1. The first-order valence-electron chi connectivity index (χ1n) is 3.71. The van der Waals surface area contributed by atoms with E-state index in [1.807, 2.05) is 31.2 Å². The van der Waals surface area contributed by atoms with Crippen LogP contribution in [0.3, 0.4) is 0 Å². The van der Waals surface area contributed by atoms with Crippen molar-refractivity contribution in [3.05, 3.63) is 29.8 Å². The van der Waals surface area contributed by atoms with E-state index in [1.54, 1.807) is 0 Å². The zero-order valence-corrected chi connectivity index (χ0v) is 6.87. The van der Waals surface area contributed by atoms with Crippen LogP contribution in [-0.2, 0) is 4.79 Å². The maximum atomic E-state index is 10.2. The van der Waals surface area contributed by atoms with Gasteiger partial charge in [-0.1, -0.05) is 17.7 Å². The summed E-state index contributed by atoms with van der Waals surface area (Å²) in [7, 11) is 0. The van der Waals surface area contributed by atoms with Crippen molar-refractivity contribution < 1.29 is 9.90 Å². The highest BCUT2D eigenvalue weighted by Gasteiger charge is 1.95. The van der Waals surface area contributed by atoms with Gasteiger partial charge in [0, 0.05) is 5.69 Å². The van der Waals surface area contributed by atoms with Gasteiger partial charge in [0.25, 0.3) is 0 Å². The van der Waals surface area contributed by atoms with Crippen molar-refractivity contribution in [1.82, 2.24) is 0 Å². The number of aryl methyl sites for hydroxylation is 1. The largest absolute Gasteiger partial charge is 0.480 e. The zero-order valence-electron chi connectivity index (χ0n) is 6.87. The summed E-state index contributed by atoms with van der Waals surface area (Å²) >= 11 is 0. The van der Waals surface area contributed by atoms with Crippen LogP contribution in [0.2, 0.25) is 0 Å². The third-order valence-corrected chi connectivity index (χ3v) is 1.50. The summed E-state index contributed by atoms with van der Waals surface area (Å²) in [4.78, 5) is 10.2. The van der Waals surface area contributed by atoms with Gasteiger partial charge < -0.3 is 10.4 Å². The summed E-state index contributed by atoms with van der Waals surface area (Å²) in [5.74, 6) is -0.851. The molecule has 64 valence electrons. The van der Waals surface area contributed by atoms with Gasteiger partial charge in [0.2, 0.25) is 0 Å². The summed E-state index contributed by atoms with van der Waals surface area (Å²) in [5.41, 5.74) is 2.00. The summed E-state index contributed by atoms with van der Waals surface area (Å²) in [5, 5.41) is 11.1. The molecule has 0 saturated heterocycles. The van der Waals surface area contributed by atoms with Crippen molar-refractivity contribution in [3.63, 3.8) is 0 Å². The first kappa shape index (κ1) is 8.59. The predicted octanol–water partition coefficient (Wildman–Crippen LogP) is 1.49. The normalized spacial score (nSPS) is 9.42. The molecule has 0 aromatic heterocycles. The Labute approximate surface area is 71.0 Å². The lowest BCUT2D eigenvalue weighted by molar-refractivity contribution is -0.134. The van der Waals surface area contributed by atoms with Crippen molar-refractivity contribution in [2.45, 2.75) is 6.92 Å². The van der Waals surface area contributed by atoms with E-state index in [9.17, 15) is 4.79 Å². The van der Waals surface area contributed by atoms with Gasteiger partial charge in [-0.2, -0.15) is 0 Å². The van der Waals surface area contributed by atoms with Crippen LogP contribution in [0.5, 0.6) is 0 Å². The molecular formula is C9H11NO2. The molecular weight excluding hydrogens is 154 g/mol. The fourth-order valence-electron chi connectivity index (χ4n) is 0.849. The van der Waals surface area contributed by atoms with E-state index in [0.29, 0.717) is 0 Å². The third kappa shape index (κ3) is 2.62. The Hall–Kier alpha value is -1.51. The van der Waals surface area contributed by atoms with Gasteiger partial charge in [-0.25, -0.2) is 0 Å². The van der Waals surface area contributed by atoms with Gasteiger partial charge in [0.05, 0.1) is 0 Å². The maximum Gasteiger partial charge on any atom is 0.322 e. The molecule has 1 aromatic rings. The molecule has 1 rings (SSSR count). The van der Waals surface area contributed by atoms with Gasteiger partial charge >= 0.3 is 5.97 Å². The van der Waals surface area contributed by atoms with Gasteiger partial charge in [0.15, 0.2) is 0 Å². The number of aliphatic carboxylic acids is 1. The topological polar surface area (TPSA) is 49.3 Å². The minimum atomic E-state index is -0.851. The predicted molar refractivity (Wildman–Crippen MR) is 47.3 cm³/mol. The Morgan fingerprint density at radius 1 is 1.42 bits per heavy atom. The average Bonchev–Trinajstić information content (AvgIpc) is 2.03. The lowest BCUT2D eigenvalue weighted by Crippen LogP contribution is -2.11. The molecule has 0 saturated carbocycles. The van der Waals surface area contributed by atoms with Crippen molar-refractivity contribution in [2.75, 3.05) is 11.9 Å². The molecule has 2 N–H and O–H groups in total. The van der Waals surface area contributed by atoms with E-state index in [2.05, 4.69) is 5.32 Å². The number of nitrogens with one attached hydrogen (secondary N) is 1. The number of hydrogen-bond donors (Lipinski definition) is 2. The molecule has 1 aromatic carbocycles. The number of hydrogen-bond acceptors (Lipinski definition) is 2. The van der Waals surface area contributed by atoms with Gasteiger partial charge in [-0.15, -0.1) is 0 Å². The standard InChI is InChI=1S/C9H11NO2/c1-7-2-4-8(5-3-7)10-6-9(11)12/h2-5,10H,6H2,1H3,(H,11,12). The van der Waals surface area contributed by atoms with Crippen LogP contribution in [0.15, 0.2) is 24.3 Å². The minimum Gasteiger partial charge on any atom is -0.480 e. The highest BCUT2D eigenvalue weighted by atomic mass is 16.4. The van der Waals surface area contributed by atoms with Crippen LogP contribution in [-0.4, -0.2) is 17.6 Å². The first-order valence-corrected chi connectivity index (χ1v) is 3.71. The molecule has 0 heterocycles. The summed E-state index contributed by atoms with van der Waals surface area (Å²) in [6.07, 6.45) is 0. The quantitative estimate of drug-likeness (QED) is 0.713. The smallest absolute Gasteiger partial charge is 0.322 e. The fourth-order valence-corrected chi connectivity index (χ4v) is 0.849. The van der Waals surface area contributed by atoms with Crippen LogP contribution in [0.4, 0.5) is 5.69 Å². The van der Waals surface area contributed by atoms with Crippen LogP contribution >= 0.6 is 0 Å². The maximum absolute atomic E-state index is 10.2. The fraction of sp³-hybridized carbons (Fsp3) is 0.222. The van der Waals surface area contributed by atoms with E-state index in [1.165, 1.54) is 0 Å². The highest BCUT2D eigenvalue weighted by molar-refractivity contribution is 5.72. The lowest BCUT2D eigenvalue weighted by atomic mass is 10.2. The molecule has 0 radical (unpaired) electrons. The lowest BCUT2D eigenvalue weighted by Gasteiger charge is -2.02. The summed E-state index contributed by atoms with van der Waals surface area (Å²) in [6, 6.07) is 7.59. The first-order chi connectivity index (χ1) is 5.68. The molecule has 0 spiro atoms. The molecule has 3 heteroatoms. The molecule has 0 aliphatic heterocycles. The van der Waals surface area contributed by atoms with Crippen molar-refractivity contribution in [1.29, 1.82) is 0 Å². The second-order valence-electron chi connectivity index (χ2n) is 2.61. The van der Waals surface area contributed by atoms with E-state index >= 15 is 0 Å². The molecule has 12 heavy (non-hydrogen) atoms. The van der Waals surface area contributed by atoms with E-state index in [0.717, 1.165) is 11.3 Å². The van der Waals surface area contributed by atoms with Crippen molar-refractivity contribution in [2.24, 2.45) is 0 Å². The Balaban J connectivity index is 2.53. The summed E-state index contributed by atoms with van der Waals surface area (Å²) < 4.78 is 0. The molecule has 0 aliphatic rings. The second-order valence-corrected chi connectivity index (χ2v) is 2.61. The van der Waals surface area contributed by atoms with E-state index in [-0.39, 0.29) is 6.54 Å². The number of rotatable bonds is 3. The Bertz CT molecular complexity index is 266. The van der Waals surface area contributed by atoms with E-state index < -0.39 is 5.97 Å².